The summed E-state index contributed by atoms with van der Waals surface area (Å²) in [5, 5.41) is 12.7. The van der Waals surface area contributed by atoms with Gasteiger partial charge in [0, 0.05) is 0 Å². The number of carbonyl (C=O) groups excluding carboxylic acids is 1. The first kappa shape index (κ1) is 25.0. The summed E-state index contributed by atoms with van der Waals surface area (Å²) in [7, 11) is 0. The molecule has 0 aliphatic heterocycles. The van der Waals surface area contributed by atoms with E-state index in [4.69, 9.17) is 9.47 Å². The zero-order valence-electron chi connectivity index (χ0n) is 20.5. The molecule has 0 heterocycles. The largest absolute Gasteiger partial charge is 0.484 e. The van der Waals surface area contributed by atoms with E-state index in [9.17, 15) is 14.7 Å². The van der Waals surface area contributed by atoms with Crippen LogP contribution in [0, 0.1) is 5.92 Å². The van der Waals surface area contributed by atoms with E-state index < -0.39 is 28.8 Å². The average Bonchev–Trinajstić information content (AvgIpc) is 3.43. The molecule has 31 heavy (non-hydrogen) atoms. The van der Waals surface area contributed by atoms with E-state index in [0.29, 0.717) is 11.8 Å². The van der Waals surface area contributed by atoms with Gasteiger partial charge in [0.05, 0.1) is 0 Å². The Hall–Kier alpha value is -2.24. The number of alkyl carbamates (subject to hydrolysis) is 1. The van der Waals surface area contributed by atoms with Gasteiger partial charge in [-0.15, -0.1) is 0 Å². The minimum absolute atomic E-state index is 0.201. The molecule has 6 nitrogen and oxygen atoms in total. The SMILES string of the molecule is CC(C)c1cccc([C@H](C)C2CC2)c1OC(C)(C)[C@](C)(NC(=O)OC(C)(C)C)C(=O)O. The zero-order valence-corrected chi connectivity index (χ0v) is 20.5. The molecule has 0 radical (unpaired) electrons. The fourth-order valence-electron chi connectivity index (χ4n) is 3.68. The second-order valence-corrected chi connectivity index (χ2v) is 10.7. The number of para-hydroxylation sites is 1. The van der Waals surface area contributed by atoms with Crippen LogP contribution in [0.1, 0.15) is 98.1 Å². The summed E-state index contributed by atoms with van der Waals surface area (Å²) in [6.07, 6.45) is 1.60. The Kier molecular flexibility index (Phi) is 7.03. The molecule has 0 spiro atoms. The van der Waals surface area contributed by atoms with E-state index in [2.05, 4.69) is 32.2 Å². The van der Waals surface area contributed by atoms with Crippen molar-refractivity contribution in [3.05, 3.63) is 29.3 Å². The molecule has 0 bridgehead atoms. The molecule has 1 aliphatic rings. The summed E-state index contributed by atoms with van der Waals surface area (Å²) >= 11 is 0. The van der Waals surface area contributed by atoms with Crippen LogP contribution in [0.25, 0.3) is 0 Å². The van der Waals surface area contributed by atoms with Crippen LogP contribution in [-0.4, -0.2) is 33.9 Å². The Balaban J connectivity index is 2.46. The fourth-order valence-corrected chi connectivity index (χ4v) is 3.68. The molecule has 2 rings (SSSR count). The van der Waals surface area contributed by atoms with Crippen molar-refractivity contribution < 1.29 is 24.2 Å². The molecule has 1 aromatic rings. The topological polar surface area (TPSA) is 84.9 Å². The molecule has 1 aromatic carbocycles. The van der Waals surface area contributed by atoms with Crippen molar-refractivity contribution in [1.82, 2.24) is 5.32 Å². The van der Waals surface area contributed by atoms with Gasteiger partial charge in [0.2, 0.25) is 0 Å². The Morgan fingerprint density at radius 2 is 1.58 bits per heavy atom. The Bertz CT molecular complexity index is 820. The van der Waals surface area contributed by atoms with Crippen LogP contribution in [0.15, 0.2) is 18.2 Å². The van der Waals surface area contributed by atoms with Crippen molar-refractivity contribution in [2.24, 2.45) is 5.92 Å². The van der Waals surface area contributed by atoms with Crippen LogP contribution in [-0.2, 0) is 9.53 Å². The lowest BCUT2D eigenvalue weighted by atomic mass is 9.83. The molecule has 6 heteroatoms. The smallest absolute Gasteiger partial charge is 0.408 e. The molecule has 1 amide bonds. The van der Waals surface area contributed by atoms with Crippen LogP contribution in [0.4, 0.5) is 4.79 Å². The summed E-state index contributed by atoms with van der Waals surface area (Å²) in [5.41, 5.74) is -1.61. The second kappa shape index (κ2) is 8.71. The summed E-state index contributed by atoms with van der Waals surface area (Å²) in [6.45, 7) is 16.4. The molecule has 0 aromatic heterocycles. The Morgan fingerprint density at radius 1 is 1.03 bits per heavy atom. The molecule has 2 N–H and O–H groups in total. The van der Waals surface area contributed by atoms with Gasteiger partial charge >= 0.3 is 12.1 Å². The predicted octanol–water partition coefficient (Wildman–Crippen LogP) is 5.85. The predicted molar refractivity (Wildman–Crippen MR) is 122 cm³/mol. The van der Waals surface area contributed by atoms with E-state index >= 15 is 0 Å². The van der Waals surface area contributed by atoms with E-state index in [1.807, 2.05) is 12.1 Å². The first-order valence-corrected chi connectivity index (χ1v) is 11.2. The minimum atomic E-state index is -1.72. The highest BCUT2D eigenvalue weighted by atomic mass is 16.6. The first-order valence-electron chi connectivity index (χ1n) is 11.2. The highest BCUT2D eigenvalue weighted by Crippen LogP contribution is 2.47. The lowest BCUT2D eigenvalue weighted by Crippen LogP contribution is -2.67. The number of carboxylic acids is 1. The number of amides is 1. The van der Waals surface area contributed by atoms with Crippen molar-refractivity contribution in [3.63, 3.8) is 0 Å². The standard InChI is InChI=1S/C25H39NO5/c1-15(2)18-11-10-12-19(16(3)17-13-14-17)20(18)30-24(7,8)25(9,21(27)28)26-22(29)31-23(4,5)6/h10-12,15-17H,13-14H2,1-9H3,(H,26,29)(H,27,28)/t16-,25-/m1/s1. The third-order valence-corrected chi connectivity index (χ3v) is 6.26. The van der Waals surface area contributed by atoms with E-state index in [-0.39, 0.29) is 5.92 Å². The number of nitrogens with one attached hydrogen (secondary N) is 1. The van der Waals surface area contributed by atoms with Crippen LogP contribution in [0.5, 0.6) is 5.75 Å². The van der Waals surface area contributed by atoms with Gasteiger partial charge in [-0.2, -0.15) is 0 Å². The molecule has 0 saturated heterocycles. The maximum atomic E-state index is 12.5. The van der Waals surface area contributed by atoms with Crippen LogP contribution >= 0.6 is 0 Å². The fraction of sp³-hybridized carbons (Fsp3) is 0.680. The number of rotatable bonds is 8. The number of hydrogen-bond donors (Lipinski definition) is 2. The van der Waals surface area contributed by atoms with Gasteiger partial charge in [0.15, 0.2) is 5.54 Å². The van der Waals surface area contributed by atoms with Gasteiger partial charge in [-0.25, -0.2) is 9.59 Å². The summed E-state index contributed by atoms with van der Waals surface area (Å²) in [4.78, 5) is 24.8. The highest BCUT2D eigenvalue weighted by molar-refractivity contribution is 5.85. The minimum Gasteiger partial charge on any atom is -0.484 e. The summed E-state index contributed by atoms with van der Waals surface area (Å²) in [5.74, 6) is 0.674. The monoisotopic (exact) mass is 433 g/mol. The normalized spacial score (nSPS) is 17.6. The van der Waals surface area contributed by atoms with Crippen molar-refractivity contribution in [3.8, 4) is 5.75 Å². The third kappa shape index (κ3) is 5.72. The van der Waals surface area contributed by atoms with Gasteiger partial charge < -0.3 is 19.9 Å². The molecular formula is C25H39NO5. The van der Waals surface area contributed by atoms with Gasteiger partial charge in [-0.05, 0) is 83.3 Å². The summed E-state index contributed by atoms with van der Waals surface area (Å²) in [6, 6.07) is 6.14. The lowest BCUT2D eigenvalue weighted by Gasteiger charge is -2.42. The van der Waals surface area contributed by atoms with Gasteiger partial charge in [-0.1, -0.05) is 39.0 Å². The molecular weight excluding hydrogens is 394 g/mol. The molecule has 0 unspecified atom stereocenters. The zero-order chi connectivity index (χ0) is 23.8. The van der Waals surface area contributed by atoms with Gasteiger partial charge in [0.1, 0.15) is 17.0 Å². The quantitative estimate of drug-likeness (QED) is 0.537. The number of carbonyl (C=O) groups is 2. The number of ether oxygens (including phenoxy) is 2. The number of benzene rings is 1. The number of hydrogen-bond acceptors (Lipinski definition) is 4. The van der Waals surface area contributed by atoms with Crippen LogP contribution in [0.3, 0.4) is 0 Å². The Labute approximate surface area is 186 Å². The van der Waals surface area contributed by atoms with Crippen LogP contribution in [0.2, 0.25) is 0 Å². The molecule has 2 atom stereocenters. The van der Waals surface area contributed by atoms with Gasteiger partial charge in [0.25, 0.3) is 0 Å². The second-order valence-electron chi connectivity index (χ2n) is 10.7. The van der Waals surface area contributed by atoms with E-state index in [1.54, 1.807) is 34.6 Å². The van der Waals surface area contributed by atoms with Crippen molar-refractivity contribution in [1.29, 1.82) is 0 Å². The Morgan fingerprint density at radius 3 is 2.03 bits per heavy atom. The van der Waals surface area contributed by atoms with Crippen LogP contribution < -0.4 is 10.1 Å². The van der Waals surface area contributed by atoms with E-state index in [1.165, 1.54) is 19.8 Å². The average molecular weight is 434 g/mol. The molecule has 1 aliphatic carbocycles. The highest BCUT2D eigenvalue weighted by Gasteiger charge is 2.52. The molecule has 1 fully saturated rings. The number of aliphatic carboxylic acids is 1. The lowest BCUT2D eigenvalue weighted by molar-refractivity contribution is -0.152. The summed E-state index contributed by atoms with van der Waals surface area (Å²) < 4.78 is 11.9. The van der Waals surface area contributed by atoms with Gasteiger partial charge in [-0.3, -0.25) is 0 Å². The van der Waals surface area contributed by atoms with Crippen molar-refractivity contribution in [2.75, 3.05) is 0 Å². The van der Waals surface area contributed by atoms with Crippen molar-refractivity contribution >= 4 is 12.1 Å². The first-order chi connectivity index (χ1) is 14.1. The maximum Gasteiger partial charge on any atom is 0.408 e. The number of carboxylic acid groups (broad SMARTS) is 1. The van der Waals surface area contributed by atoms with Crippen molar-refractivity contribution in [2.45, 2.75) is 104 Å². The third-order valence-electron chi connectivity index (χ3n) is 6.26. The molecule has 1 saturated carbocycles. The van der Waals surface area contributed by atoms with E-state index in [0.717, 1.165) is 16.9 Å². The molecule has 174 valence electrons. The maximum absolute atomic E-state index is 12.5.